The second kappa shape index (κ2) is 7.18. The molecule has 0 saturated carbocycles. The molecule has 0 aromatic carbocycles. The van der Waals surface area contributed by atoms with Crippen molar-refractivity contribution in [2.45, 2.75) is 45.4 Å². The summed E-state index contributed by atoms with van der Waals surface area (Å²) in [4.78, 5) is 23.5. The van der Waals surface area contributed by atoms with Crippen LogP contribution in [0.3, 0.4) is 0 Å². The number of aromatic nitrogens is 3. The lowest BCUT2D eigenvalue weighted by molar-refractivity contribution is 0.0671. The van der Waals surface area contributed by atoms with Gasteiger partial charge in [0.05, 0.1) is 11.7 Å². The Hall–Kier alpha value is -2.48. The summed E-state index contributed by atoms with van der Waals surface area (Å²) in [5, 5.41) is 7.07. The number of ether oxygens (including phenoxy) is 1. The van der Waals surface area contributed by atoms with Crippen LogP contribution in [0.2, 0.25) is 0 Å². The molecule has 0 unspecified atom stereocenters. The van der Waals surface area contributed by atoms with Gasteiger partial charge in [0, 0.05) is 32.3 Å². The molecule has 0 aliphatic carbocycles. The third kappa shape index (κ3) is 3.63. The van der Waals surface area contributed by atoms with E-state index in [2.05, 4.69) is 20.4 Å². The van der Waals surface area contributed by atoms with E-state index in [1.807, 2.05) is 13.8 Å². The van der Waals surface area contributed by atoms with E-state index in [4.69, 9.17) is 9.26 Å². The average molecular weight is 345 g/mol. The summed E-state index contributed by atoms with van der Waals surface area (Å²) in [7, 11) is 1.64. The fourth-order valence-electron chi connectivity index (χ4n) is 3.00. The van der Waals surface area contributed by atoms with Crippen LogP contribution in [0.1, 0.15) is 48.4 Å². The molecule has 2 aromatic heterocycles. The zero-order chi connectivity index (χ0) is 18.0. The number of amides is 1. The zero-order valence-electron chi connectivity index (χ0n) is 14.9. The maximum Gasteiger partial charge on any atom is 0.258 e. The van der Waals surface area contributed by atoms with Crippen molar-refractivity contribution in [2.75, 3.05) is 19.0 Å². The molecular weight excluding hydrogens is 322 g/mol. The molecule has 3 heterocycles. The standard InChI is InChI=1S/C17H23N5O3/c1-10(2)19-15-13(6-5-7-18-15)17(23)22-9-12(24-4)8-14(22)16-20-11(3)21-25-16/h5-7,10,12,14H,8-9H2,1-4H3,(H,18,19)/t12-,14-/m1/s1. The molecule has 0 bridgehead atoms. The second-order valence-corrected chi connectivity index (χ2v) is 6.45. The number of aryl methyl sites for hydroxylation is 1. The number of pyridine rings is 1. The Balaban J connectivity index is 1.91. The molecule has 2 aromatic rings. The lowest BCUT2D eigenvalue weighted by Gasteiger charge is -2.23. The number of hydrogen-bond acceptors (Lipinski definition) is 7. The van der Waals surface area contributed by atoms with Crippen LogP contribution in [0, 0.1) is 6.92 Å². The number of anilines is 1. The summed E-state index contributed by atoms with van der Waals surface area (Å²) in [6.45, 7) is 6.23. The highest BCUT2D eigenvalue weighted by Gasteiger charge is 2.40. The monoisotopic (exact) mass is 345 g/mol. The summed E-state index contributed by atoms with van der Waals surface area (Å²) >= 11 is 0. The summed E-state index contributed by atoms with van der Waals surface area (Å²) in [6.07, 6.45) is 2.22. The maximum atomic E-state index is 13.2. The Morgan fingerprint density at radius 3 is 2.92 bits per heavy atom. The summed E-state index contributed by atoms with van der Waals surface area (Å²) in [6, 6.07) is 3.40. The van der Waals surface area contributed by atoms with Crippen LogP contribution in [0.5, 0.6) is 0 Å². The fourth-order valence-corrected chi connectivity index (χ4v) is 3.00. The first-order chi connectivity index (χ1) is 12.0. The van der Waals surface area contributed by atoms with Crippen LogP contribution < -0.4 is 5.32 Å². The van der Waals surface area contributed by atoms with Gasteiger partial charge < -0.3 is 19.5 Å². The minimum Gasteiger partial charge on any atom is -0.380 e. The number of hydrogen-bond donors (Lipinski definition) is 1. The van der Waals surface area contributed by atoms with Crippen LogP contribution in [0.15, 0.2) is 22.9 Å². The van der Waals surface area contributed by atoms with Crippen molar-refractivity contribution in [2.24, 2.45) is 0 Å². The van der Waals surface area contributed by atoms with Gasteiger partial charge in [-0.25, -0.2) is 4.98 Å². The van der Waals surface area contributed by atoms with Gasteiger partial charge in [-0.15, -0.1) is 0 Å². The Morgan fingerprint density at radius 1 is 1.48 bits per heavy atom. The molecule has 0 radical (unpaired) electrons. The van der Waals surface area contributed by atoms with E-state index >= 15 is 0 Å². The minimum absolute atomic E-state index is 0.0701. The molecule has 8 heteroatoms. The second-order valence-electron chi connectivity index (χ2n) is 6.45. The molecule has 134 valence electrons. The van der Waals surface area contributed by atoms with E-state index in [0.717, 1.165) is 0 Å². The quantitative estimate of drug-likeness (QED) is 0.888. The normalized spacial score (nSPS) is 20.3. The molecule has 1 aliphatic heterocycles. The van der Waals surface area contributed by atoms with E-state index < -0.39 is 0 Å². The van der Waals surface area contributed by atoms with Gasteiger partial charge in [-0.2, -0.15) is 4.98 Å². The molecule has 0 spiro atoms. The van der Waals surface area contributed by atoms with Crippen molar-refractivity contribution in [1.29, 1.82) is 0 Å². The van der Waals surface area contributed by atoms with Crippen LogP contribution in [0.4, 0.5) is 5.82 Å². The minimum atomic E-state index is -0.300. The van der Waals surface area contributed by atoms with E-state index in [1.165, 1.54) is 0 Å². The van der Waals surface area contributed by atoms with Crippen LogP contribution in [-0.4, -0.2) is 51.7 Å². The van der Waals surface area contributed by atoms with Crippen molar-refractivity contribution < 1.29 is 14.1 Å². The third-order valence-corrected chi connectivity index (χ3v) is 4.15. The summed E-state index contributed by atoms with van der Waals surface area (Å²) < 4.78 is 10.8. The van der Waals surface area contributed by atoms with Gasteiger partial charge in [-0.05, 0) is 32.9 Å². The van der Waals surface area contributed by atoms with Gasteiger partial charge in [0.2, 0.25) is 5.89 Å². The van der Waals surface area contributed by atoms with Crippen molar-refractivity contribution in [3.63, 3.8) is 0 Å². The number of carbonyl (C=O) groups is 1. The number of methoxy groups -OCH3 is 1. The van der Waals surface area contributed by atoms with Crippen molar-refractivity contribution in [3.8, 4) is 0 Å². The van der Waals surface area contributed by atoms with Crippen molar-refractivity contribution in [1.82, 2.24) is 20.0 Å². The Labute approximate surface area is 146 Å². The molecule has 2 atom stereocenters. The first kappa shape index (κ1) is 17.3. The first-order valence-corrected chi connectivity index (χ1v) is 8.35. The molecule has 1 saturated heterocycles. The van der Waals surface area contributed by atoms with Crippen molar-refractivity contribution in [3.05, 3.63) is 35.6 Å². The van der Waals surface area contributed by atoms with Gasteiger partial charge in [0.1, 0.15) is 11.9 Å². The Bertz CT molecular complexity index is 745. The number of carbonyl (C=O) groups excluding carboxylic acids is 1. The smallest absolute Gasteiger partial charge is 0.258 e. The zero-order valence-corrected chi connectivity index (χ0v) is 14.9. The molecule has 1 fully saturated rings. The van der Waals surface area contributed by atoms with Crippen LogP contribution >= 0.6 is 0 Å². The largest absolute Gasteiger partial charge is 0.380 e. The highest BCUT2D eigenvalue weighted by Crippen LogP contribution is 2.34. The van der Waals surface area contributed by atoms with Gasteiger partial charge >= 0.3 is 0 Å². The van der Waals surface area contributed by atoms with Gasteiger partial charge in [0.15, 0.2) is 5.82 Å². The van der Waals surface area contributed by atoms with Crippen LogP contribution in [0.25, 0.3) is 0 Å². The van der Waals surface area contributed by atoms with Gasteiger partial charge in [0.25, 0.3) is 5.91 Å². The van der Waals surface area contributed by atoms with Crippen molar-refractivity contribution >= 4 is 11.7 Å². The topological polar surface area (TPSA) is 93.4 Å². The molecule has 8 nitrogen and oxygen atoms in total. The highest BCUT2D eigenvalue weighted by molar-refractivity contribution is 5.99. The molecular formula is C17H23N5O3. The van der Waals surface area contributed by atoms with E-state index in [9.17, 15) is 4.79 Å². The summed E-state index contributed by atoms with van der Waals surface area (Å²) in [5.74, 6) is 1.43. The lowest BCUT2D eigenvalue weighted by atomic mass is 10.1. The Kier molecular flexibility index (Phi) is 4.98. The number of rotatable bonds is 5. The van der Waals surface area contributed by atoms with E-state index in [0.29, 0.717) is 36.1 Å². The third-order valence-electron chi connectivity index (χ3n) is 4.15. The maximum absolute atomic E-state index is 13.2. The highest BCUT2D eigenvalue weighted by atomic mass is 16.5. The number of nitrogens with one attached hydrogen (secondary N) is 1. The van der Waals surface area contributed by atoms with Crippen LogP contribution in [-0.2, 0) is 4.74 Å². The molecule has 1 aliphatic rings. The molecule has 3 rings (SSSR count). The SMILES string of the molecule is CO[C@@H]1C[C@H](c2nc(C)no2)N(C(=O)c2cccnc2NC(C)C)C1. The predicted molar refractivity (Wildman–Crippen MR) is 91.2 cm³/mol. The lowest BCUT2D eigenvalue weighted by Crippen LogP contribution is -2.33. The summed E-state index contributed by atoms with van der Waals surface area (Å²) in [5.41, 5.74) is 0.522. The van der Waals surface area contributed by atoms with Gasteiger partial charge in [-0.3, -0.25) is 4.79 Å². The van der Waals surface area contributed by atoms with E-state index in [-0.39, 0.29) is 24.1 Å². The molecule has 25 heavy (non-hydrogen) atoms. The number of nitrogens with zero attached hydrogens (tertiary/aromatic N) is 4. The predicted octanol–water partition coefficient (Wildman–Crippen LogP) is 2.20. The van der Waals surface area contributed by atoms with E-state index in [1.54, 1.807) is 37.3 Å². The first-order valence-electron chi connectivity index (χ1n) is 8.35. The van der Waals surface area contributed by atoms with Gasteiger partial charge in [-0.1, -0.05) is 5.16 Å². The number of likely N-dealkylation sites (tertiary alicyclic amines) is 1. The fraction of sp³-hybridized carbons (Fsp3) is 0.529. The molecule has 1 N–H and O–H groups in total. The average Bonchev–Trinajstić information content (AvgIpc) is 3.20. The Morgan fingerprint density at radius 2 is 2.28 bits per heavy atom. The molecule has 1 amide bonds.